The van der Waals surface area contributed by atoms with Crippen molar-refractivity contribution in [2.45, 2.75) is 26.7 Å². The molecular formula is C13H17NO3. The van der Waals surface area contributed by atoms with Crippen LogP contribution in [0.25, 0.3) is 5.57 Å². The lowest BCUT2D eigenvalue weighted by atomic mass is 9.95. The highest BCUT2D eigenvalue weighted by Gasteiger charge is 2.14. The summed E-state index contributed by atoms with van der Waals surface area (Å²) in [6.45, 7) is 3.59. The number of carbonyl (C=O) groups is 1. The van der Waals surface area contributed by atoms with Gasteiger partial charge in [-0.15, -0.1) is 0 Å². The molecule has 0 aliphatic carbocycles. The van der Waals surface area contributed by atoms with Gasteiger partial charge in [0.2, 0.25) is 5.91 Å². The first kappa shape index (κ1) is 13.1. The quantitative estimate of drug-likeness (QED) is 0.552. The Morgan fingerprint density at radius 1 is 1.35 bits per heavy atom. The molecule has 0 saturated carbocycles. The van der Waals surface area contributed by atoms with E-state index in [2.05, 4.69) is 0 Å². The van der Waals surface area contributed by atoms with Crippen LogP contribution in [0.2, 0.25) is 0 Å². The lowest BCUT2D eigenvalue weighted by molar-refractivity contribution is -0.114. The minimum absolute atomic E-state index is 0.201. The lowest BCUT2D eigenvalue weighted by Crippen LogP contribution is -2.13. The molecule has 0 radical (unpaired) electrons. The van der Waals surface area contributed by atoms with Gasteiger partial charge in [-0.25, -0.2) is 0 Å². The number of carbonyl (C=O) groups excluding carboxylic acids is 1. The van der Waals surface area contributed by atoms with Crippen LogP contribution >= 0.6 is 0 Å². The molecule has 1 aromatic rings. The van der Waals surface area contributed by atoms with Crippen LogP contribution < -0.4 is 5.73 Å². The summed E-state index contributed by atoms with van der Waals surface area (Å²) in [5.74, 6) is -0.930. The van der Waals surface area contributed by atoms with Gasteiger partial charge in [0, 0.05) is 11.1 Å². The Morgan fingerprint density at radius 3 is 2.53 bits per heavy atom. The number of rotatable bonds is 4. The zero-order valence-corrected chi connectivity index (χ0v) is 10.0. The number of phenols is 2. The average Bonchev–Trinajstić information content (AvgIpc) is 2.29. The summed E-state index contributed by atoms with van der Waals surface area (Å²) in [6, 6.07) is 4.67. The number of phenolic OH excluding ortho intramolecular Hbond substituents is 2. The van der Waals surface area contributed by atoms with Gasteiger partial charge in [0.25, 0.3) is 0 Å². The van der Waals surface area contributed by atoms with Crippen molar-refractivity contribution >= 4 is 11.5 Å². The van der Waals surface area contributed by atoms with E-state index in [4.69, 9.17) is 5.73 Å². The molecule has 0 saturated heterocycles. The standard InChI is InChI=1S/C13H17NO3/c1-3-5-9(8(2)13(14)17)10-6-4-7-11(15)12(10)16/h4,6-7,15-16H,3,5H2,1-2H3,(H2,14,17). The van der Waals surface area contributed by atoms with Gasteiger partial charge in [0.05, 0.1) is 0 Å². The maximum absolute atomic E-state index is 11.2. The molecule has 0 heterocycles. The smallest absolute Gasteiger partial charge is 0.244 e. The second-order valence-electron chi connectivity index (χ2n) is 3.89. The minimum Gasteiger partial charge on any atom is -0.504 e. The third kappa shape index (κ3) is 2.78. The highest BCUT2D eigenvalue weighted by Crippen LogP contribution is 2.36. The summed E-state index contributed by atoms with van der Waals surface area (Å²) in [5, 5.41) is 19.2. The van der Waals surface area contributed by atoms with E-state index in [0.29, 0.717) is 23.1 Å². The molecule has 0 spiro atoms. The van der Waals surface area contributed by atoms with Crippen LogP contribution in [0.1, 0.15) is 32.3 Å². The minimum atomic E-state index is -0.517. The summed E-state index contributed by atoms with van der Waals surface area (Å²) in [5.41, 5.74) is 6.80. The average molecular weight is 235 g/mol. The van der Waals surface area contributed by atoms with E-state index in [0.717, 1.165) is 6.42 Å². The number of nitrogens with two attached hydrogens (primary N) is 1. The molecule has 0 aliphatic rings. The van der Waals surface area contributed by atoms with E-state index in [-0.39, 0.29) is 11.5 Å². The molecule has 4 N–H and O–H groups in total. The number of amides is 1. The fourth-order valence-electron chi connectivity index (χ4n) is 1.70. The van der Waals surface area contributed by atoms with Gasteiger partial charge in [0.15, 0.2) is 11.5 Å². The first-order chi connectivity index (χ1) is 7.99. The van der Waals surface area contributed by atoms with Gasteiger partial charge in [-0.05, 0) is 25.0 Å². The Hall–Kier alpha value is -1.97. The molecule has 92 valence electrons. The van der Waals surface area contributed by atoms with Gasteiger partial charge in [-0.2, -0.15) is 0 Å². The maximum atomic E-state index is 11.2. The number of hydrogen-bond acceptors (Lipinski definition) is 3. The zero-order chi connectivity index (χ0) is 13.0. The summed E-state index contributed by atoms with van der Waals surface area (Å²) in [7, 11) is 0. The third-order valence-electron chi connectivity index (χ3n) is 2.66. The Labute approximate surface area is 100 Å². The van der Waals surface area contributed by atoms with Crippen LogP contribution in [0.5, 0.6) is 11.5 Å². The number of para-hydroxylation sites is 1. The molecule has 0 unspecified atom stereocenters. The molecule has 1 rings (SSSR count). The van der Waals surface area contributed by atoms with Crippen molar-refractivity contribution in [1.82, 2.24) is 0 Å². The number of allylic oxidation sites excluding steroid dienone is 1. The van der Waals surface area contributed by atoms with Crippen molar-refractivity contribution in [3.8, 4) is 11.5 Å². The molecule has 0 aliphatic heterocycles. The maximum Gasteiger partial charge on any atom is 0.244 e. The Bertz CT molecular complexity index is 464. The van der Waals surface area contributed by atoms with Crippen LogP contribution in [0, 0.1) is 0 Å². The highest BCUT2D eigenvalue weighted by molar-refractivity contribution is 6.00. The topological polar surface area (TPSA) is 83.6 Å². The zero-order valence-electron chi connectivity index (χ0n) is 10.0. The van der Waals surface area contributed by atoms with E-state index >= 15 is 0 Å². The number of primary amides is 1. The van der Waals surface area contributed by atoms with Crippen molar-refractivity contribution in [3.63, 3.8) is 0 Å². The Morgan fingerprint density at radius 2 is 2.00 bits per heavy atom. The van der Waals surface area contributed by atoms with Crippen LogP contribution in [-0.2, 0) is 4.79 Å². The largest absolute Gasteiger partial charge is 0.504 e. The first-order valence-electron chi connectivity index (χ1n) is 5.49. The fraction of sp³-hybridized carbons (Fsp3) is 0.308. The van der Waals surface area contributed by atoms with E-state index in [1.54, 1.807) is 19.1 Å². The van der Waals surface area contributed by atoms with Crippen molar-refractivity contribution in [1.29, 1.82) is 0 Å². The second kappa shape index (κ2) is 5.39. The summed E-state index contributed by atoms with van der Waals surface area (Å²) < 4.78 is 0. The molecule has 1 amide bonds. The normalized spacial score (nSPS) is 12.1. The van der Waals surface area contributed by atoms with Crippen LogP contribution in [0.15, 0.2) is 23.8 Å². The molecule has 0 atom stereocenters. The molecule has 4 nitrogen and oxygen atoms in total. The van der Waals surface area contributed by atoms with E-state index in [1.807, 2.05) is 6.92 Å². The van der Waals surface area contributed by atoms with Crippen LogP contribution in [0.4, 0.5) is 0 Å². The molecule has 0 bridgehead atoms. The first-order valence-corrected chi connectivity index (χ1v) is 5.49. The van der Waals surface area contributed by atoms with Gasteiger partial charge in [-0.1, -0.05) is 25.5 Å². The van der Waals surface area contributed by atoms with E-state index in [1.165, 1.54) is 6.07 Å². The fourth-order valence-corrected chi connectivity index (χ4v) is 1.70. The molecule has 0 aromatic heterocycles. The molecule has 1 aromatic carbocycles. The number of benzene rings is 1. The highest BCUT2D eigenvalue weighted by atomic mass is 16.3. The van der Waals surface area contributed by atoms with Gasteiger partial charge < -0.3 is 15.9 Å². The van der Waals surface area contributed by atoms with Crippen molar-refractivity contribution in [2.24, 2.45) is 5.73 Å². The lowest BCUT2D eigenvalue weighted by Gasteiger charge is -2.12. The van der Waals surface area contributed by atoms with Gasteiger partial charge in [-0.3, -0.25) is 4.79 Å². The number of aromatic hydroxyl groups is 2. The van der Waals surface area contributed by atoms with Crippen LogP contribution in [0.3, 0.4) is 0 Å². The predicted octanol–water partition coefficient (Wildman–Crippen LogP) is 2.16. The van der Waals surface area contributed by atoms with Crippen molar-refractivity contribution in [2.75, 3.05) is 0 Å². The van der Waals surface area contributed by atoms with E-state index < -0.39 is 5.91 Å². The monoisotopic (exact) mass is 235 g/mol. The molecule has 0 fully saturated rings. The molecule has 17 heavy (non-hydrogen) atoms. The van der Waals surface area contributed by atoms with E-state index in [9.17, 15) is 15.0 Å². The molecular weight excluding hydrogens is 218 g/mol. The van der Waals surface area contributed by atoms with Crippen molar-refractivity contribution < 1.29 is 15.0 Å². The SMILES string of the molecule is CCCC(=C(C)C(N)=O)c1cccc(O)c1O. The van der Waals surface area contributed by atoms with Gasteiger partial charge >= 0.3 is 0 Å². The molecule has 4 heteroatoms. The Kier molecular flexibility index (Phi) is 4.15. The van der Waals surface area contributed by atoms with Crippen LogP contribution in [-0.4, -0.2) is 16.1 Å². The number of hydrogen-bond donors (Lipinski definition) is 3. The van der Waals surface area contributed by atoms with Crippen molar-refractivity contribution in [3.05, 3.63) is 29.3 Å². The predicted molar refractivity (Wildman–Crippen MR) is 66.5 cm³/mol. The summed E-state index contributed by atoms with van der Waals surface area (Å²) in [4.78, 5) is 11.2. The summed E-state index contributed by atoms with van der Waals surface area (Å²) >= 11 is 0. The Balaban J connectivity index is 3.38. The second-order valence-corrected chi connectivity index (χ2v) is 3.89. The third-order valence-corrected chi connectivity index (χ3v) is 2.66. The van der Waals surface area contributed by atoms with Gasteiger partial charge in [0.1, 0.15) is 0 Å². The summed E-state index contributed by atoms with van der Waals surface area (Å²) in [6.07, 6.45) is 1.43.